The van der Waals surface area contributed by atoms with Gasteiger partial charge in [0.2, 0.25) is 0 Å². The van der Waals surface area contributed by atoms with Gasteiger partial charge in [0.15, 0.2) is 0 Å². The number of hydrogen-bond donors (Lipinski definition) is 2. The van der Waals surface area contributed by atoms with Crippen LogP contribution in [0.5, 0.6) is 0 Å². The second-order valence-electron chi connectivity index (χ2n) is 6.08. The molecule has 0 aromatic heterocycles. The van der Waals surface area contributed by atoms with Crippen molar-refractivity contribution >= 4 is 30.5 Å². The van der Waals surface area contributed by atoms with Gasteiger partial charge < -0.3 is 10.6 Å². The first-order valence-electron chi connectivity index (χ1n) is 7.79. The van der Waals surface area contributed by atoms with Crippen molar-refractivity contribution in [2.24, 2.45) is 0 Å². The van der Waals surface area contributed by atoms with Crippen molar-refractivity contribution < 1.29 is 8.78 Å². The van der Waals surface area contributed by atoms with Gasteiger partial charge >= 0.3 is 0 Å². The molecule has 1 fully saturated rings. The average molecular weight is 373 g/mol. The van der Waals surface area contributed by atoms with Crippen LogP contribution in [-0.2, 0) is 0 Å². The summed E-state index contributed by atoms with van der Waals surface area (Å²) in [4.78, 5) is 0. The molecule has 1 saturated heterocycles. The Morgan fingerprint density at radius 2 is 1.62 bits per heavy atom. The number of hydrogen-bond acceptors (Lipinski definition) is 2. The normalized spacial score (nSPS) is 21.4. The third-order valence-corrected chi connectivity index (χ3v) is 4.79. The molecule has 0 saturated carbocycles. The Balaban J connectivity index is 0.00000104. The quantitative estimate of drug-likeness (QED) is 0.755. The van der Waals surface area contributed by atoms with E-state index < -0.39 is 11.6 Å². The topological polar surface area (TPSA) is 24.1 Å². The molecule has 2 nitrogen and oxygen atoms in total. The van der Waals surface area contributed by atoms with E-state index in [1.807, 2.05) is 12.1 Å². The van der Waals surface area contributed by atoms with E-state index in [2.05, 4.69) is 10.6 Å². The highest BCUT2D eigenvalue weighted by atomic mass is 35.5. The average Bonchev–Trinajstić information content (AvgIpc) is 2.68. The molecule has 0 aliphatic carbocycles. The summed E-state index contributed by atoms with van der Waals surface area (Å²) in [5, 5.41) is 6.97. The highest BCUT2D eigenvalue weighted by molar-refractivity contribution is 5.85. The minimum Gasteiger partial charge on any atom is -0.381 e. The van der Waals surface area contributed by atoms with E-state index in [-0.39, 0.29) is 30.4 Å². The van der Waals surface area contributed by atoms with Crippen molar-refractivity contribution in [3.63, 3.8) is 0 Å². The predicted octanol–water partition coefficient (Wildman–Crippen LogP) is 4.74. The number of anilines is 1. The maximum Gasteiger partial charge on any atom is 0.133 e. The lowest BCUT2D eigenvalue weighted by atomic mass is 9.89. The van der Waals surface area contributed by atoms with Crippen LogP contribution >= 0.6 is 24.8 Å². The molecule has 2 N–H and O–H groups in total. The van der Waals surface area contributed by atoms with Crippen molar-refractivity contribution in [2.45, 2.75) is 24.8 Å². The first-order valence-corrected chi connectivity index (χ1v) is 7.79. The van der Waals surface area contributed by atoms with Crippen molar-refractivity contribution in [1.82, 2.24) is 5.32 Å². The van der Waals surface area contributed by atoms with E-state index in [4.69, 9.17) is 0 Å². The minimum atomic E-state index is -0.509. The molecule has 0 radical (unpaired) electrons. The summed E-state index contributed by atoms with van der Waals surface area (Å²) in [5.74, 6) is -0.602. The second-order valence-corrected chi connectivity index (χ2v) is 6.08. The Kier molecular flexibility index (Phi) is 6.07. The Morgan fingerprint density at radius 1 is 0.917 bits per heavy atom. The molecular formula is C18H20Cl2F2N2. The number of rotatable bonds is 1. The molecule has 0 bridgehead atoms. The van der Waals surface area contributed by atoms with Gasteiger partial charge in [0.1, 0.15) is 11.6 Å². The van der Waals surface area contributed by atoms with Gasteiger partial charge in [-0.3, -0.25) is 0 Å². The zero-order valence-corrected chi connectivity index (χ0v) is 14.7. The molecule has 2 heterocycles. The van der Waals surface area contributed by atoms with Crippen molar-refractivity contribution in [2.75, 3.05) is 18.4 Å². The van der Waals surface area contributed by atoms with E-state index in [1.165, 1.54) is 23.8 Å². The molecule has 24 heavy (non-hydrogen) atoms. The van der Waals surface area contributed by atoms with Gasteiger partial charge in [0.25, 0.3) is 0 Å². The zero-order chi connectivity index (χ0) is 15.1. The summed E-state index contributed by atoms with van der Waals surface area (Å²) >= 11 is 0. The smallest absolute Gasteiger partial charge is 0.133 e. The fourth-order valence-electron chi connectivity index (χ4n) is 3.72. The fourth-order valence-corrected chi connectivity index (χ4v) is 3.72. The minimum absolute atomic E-state index is 0. The highest BCUT2D eigenvalue weighted by Gasteiger charge is 2.33. The highest BCUT2D eigenvalue weighted by Crippen LogP contribution is 2.42. The van der Waals surface area contributed by atoms with Crippen molar-refractivity contribution in [3.05, 3.63) is 53.6 Å². The van der Waals surface area contributed by atoms with E-state index in [0.717, 1.165) is 31.6 Å². The molecule has 0 amide bonds. The van der Waals surface area contributed by atoms with Gasteiger partial charge in [0, 0.05) is 17.6 Å². The summed E-state index contributed by atoms with van der Waals surface area (Å²) in [6.45, 7) is 2.00. The van der Waals surface area contributed by atoms with E-state index in [9.17, 15) is 8.78 Å². The monoisotopic (exact) mass is 372 g/mol. The molecule has 2 aliphatic rings. The number of fused-ring (bicyclic) bond motifs is 3. The summed E-state index contributed by atoms with van der Waals surface area (Å²) in [6, 6.07) is 10.2. The van der Waals surface area contributed by atoms with Crippen LogP contribution in [0, 0.1) is 11.6 Å². The third kappa shape index (κ3) is 3.23. The molecule has 2 unspecified atom stereocenters. The summed E-state index contributed by atoms with van der Waals surface area (Å²) in [5.41, 5.74) is 2.99. The van der Waals surface area contributed by atoms with Crippen LogP contribution < -0.4 is 10.6 Å². The molecule has 2 aromatic carbocycles. The molecule has 4 rings (SSSR count). The van der Waals surface area contributed by atoms with Crippen LogP contribution in [-0.4, -0.2) is 19.1 Å². The SMILES string of the molecule is Cl.Cl.Fc1cccc(F)c1-c1ccc2c(c1)C1CCNCCC1N2. The second kappa shape index (κ2) is 7.68. The predicted molar refractivity (Wildman–Crippen MR) is 98.5 cm³/mol. The van der Waals surface area contributed by atoms with Gasteiger partial charge in [-0.05, 0) is 61.3 Å². The first-order chi connectivity index (χ1) is 10.7. The van der Waals surface area contributed by atoms with Crippen LogP contribution in [0.15, 0.2) is 36.4 Å². The molecule has 2 aromatic rings. The maximum absolute atomic E-state index is 14.0. The molecule has 2 atom stereocenters. The Hall–Kier alpha value is -1.36. The molecule has 0 spiro atoms. The first kappa shape index (κ1) is 19.0. The number of halogens is 4. The molecule has 130 valence electrons. The van der Waals surface area contributed by atoms with Crippen molar-refractivity contribution in [3.8, 4) is 11.1 Å². The Morgan fingerprint density at radius 3 is 2.38 bits per heavy atom. The number of nitrogens with one attached hydrogen (secondary N) is 2. The van der Waals surface area contributed by atoms with Crippen LogP contribution in [0.2, 0.25) is 0 Å². The van der Waals surface area contributed by atoms with Crippen LogP contribution in [0.3, 0.4) is 0 Å². The maximum atomic E-state index is 14.0. The van der Waals surface area contributed by atoms with Crippen LogP contribution in [0.1, 0.15) is 24.3 Å². The van der Waals surface area contributed by atoms with Crippen LogP contribution in [0.4, 0.5) is 14.5 Å². The zero-order valence-electron chi connectivity index (χ0n) is 13.0. The fraction of sp³-hybridized carbons (Fsp3) is 0.333. The summed E-state index contributed by atoms with van der Waals surface area (Å²) < 4.78 is 28.0. The van der Waals surface area contributed by atoms with Gasteiger partial charge in [-0.1, -0.05) is 12.1 Å². The summed E-state index contributed by atoms with van der Waals surface area (Å²) in [6.07, 6.45) is 2.12. The Bertz CT molecular complexity index is 704. The molecular weight excluding hydrogens is 353 g/mol. The van der Waals surface area contributed by atoms with Gasteiger partial charge in [-0.15, -0.1) is 24.8 Å². The largest absolute Gasteiger partial charge is 0.381 e. The van der Waals surface area contributed by atoms with Crippen molar-refractivity contribution in [1.29, 1.82) is 0 Å². The third-order valence-electron chi connectivity index (χ3n) is 4.79. The molecule has 6 heteroatoms. The number of benzene rings is 2. The molecule has 2 aliphatic heterocycles. The lowest BCUT2D eigenvalue weighted by Gasteiger charge is -2.16. The Labute approximate surface area is 152 Å². The summed E-state index contributed by atoms with van der Waals surface area (Å²) in [7, 11) is 0. The van der Waals surface area contributed by atoms with E-state index >= 15 is 0 Å². The van der Waals surface area contributed by atoms with E-state index in [1.54, 1.807) is 6.07 Å². The van der Waals surface area contributed by atoms with Crippen LogP contribution in [0.25, 0.3) is 11.1 Å². The standard InChI is InChI=1S/C18H18F2N2.2ClH/c19-14-2-1-3-15(20)18(14)11-4-5-16-13(10-11)12-6-8-21-9-7-17(12)22-16;;/h1-5,10,12,17,21-22H,6-9H2;2*1H. The van der Waals surface area contributed by atoms with Gasteiger partial charge in [-0.25, -0.2) is 8.78 Å². The lowest BCUT2D eigenvalue weighted by molar-refractivity contribution is 0.578. The van der Waals surface area contributed by atoms with E-state index in [0.29, 0.717) is 17.5 Å². The lowest BCUT2D eigenvalue weighted by Crippen LogP contribution is -2.21. The van der Waals surface area contributed by atoms with Gasteiger partial charge in [-0.2, -0.15) is 0 Å². The van der Waals surface area contributed by atoms with Gasteiger partial charge in [0.05, 0.1) is 5.56 Å².